The molecule has 4 aromatic rings. The fourth-order valence-corrected chi connectivity index (χ4v) is 4.26. The summed E-state index contributed by atoms with van der Waals surface area (Å²) in [4.78, 5) is 17.3. The van der Waals surface area contributed by atoms with E-state index in [0.717, 1.165) is 42.0 Å². The van der Waals surface area contributed by atoms with Crippen LogP contribution >= 0.6 is 0 Å². The van der Waals surface area contributed by atoms with E-state index >= 15 is 0 Å². The summed E-state index contributed by atoms with van der Waals surface area (Å²) in [5, 5.41) is 4.45. The third kappa shape index (κ3) is 3.51. The zero-order valence-corrected chi connectivity index (χ0v) is 17.6. The van der Waals surface area contributed by atoms with Gasteiger partial charge in [-0.2, -0.15) is 5.10 Å². The second-order valence-electron chi connectivity index (χ2n) is 8.20. The summed E-state index contributed by atoms with van der Waals surface area (Å²) in [6.45, 7) is 1.46. The van der Waals surface area contributed by atoms with Crippen LogP contribution in [0.3, 0.4) is 0 Å². The molecular weight excluding hydrogens is 393 g/mol. The summed E-state index contributed by atoms with van der Waals surface area (Å²) in [5.41, 5.74) is 3.19. The predicted octanol–water partition coefficient (Wildman–Crippen LogP) is 3.71. The van der Waals surface area contributed by atoms with E-state index in [4.69, 9.17) is 0 Å². The Bertz CT molecular complexity index is 1260. The molecule has 5 rings (SSSR count). The Morgan fingerprint density at radius 1 is 1.10 bits per heavy atom. The number of likely N-dealkylation sites (tertiary alicyclic amines) is 1. The first-order valence-corrected chi connectivity index (χ1v) is 10.4. The van der Waals surface area contributed by atoms with Crippen molar-refractivity contribution in [3.63, 3.8) is 0 Å². The SMILES string of the molecule is CN(C)C1CCN(C(=O)c2ccnn2-c2ccc3ccc(-c4cccc(F)c4)cn23)C1. The molecule has 1 saturated heterocycles. The maximum Gasteiger partial charge on any atom is 0.272 e. The fourth-order valence-electron chi connectivity index (χ4n) is 4.26. The number of aromatic nitrogens is 3. The Labute approximate surface area is 180 Å². The smallest absolute Gasteiger partial charge is 0.272 e. The molecule has 0 bridgehead atoms. The molecule has 1 aliphatic rings. The minimum atomic E-state index is -0.271. The average Bonchev–Trinajstić information content (AvgIpc) is 3.51. The van der Waals surface area contributed by atoms with Crippen LogP contribution in [0.5, 0.6) is 0 Å². The Morgan fingerprint density at radius 3 is 2.71 bits per heavy atom. The Hall–Kier alpha value is -3.45. The predicted molar refractivity (Wildman–Crippen MR) is 118 cm³/mol. The molecule has 7 heteroatoms. The Kier molecular flexibility index (Phi) is 4.82. The van der Waals surface area contributed by atoms with Crippen LogP contribution in [-0.2, 0) is 0 Å². The van der Waals surface area contributed by atoms with E-state index in [0.29, 0.717) is 11.7 Å². The van der Waals surface area contributed by atoms with Crippen molar-refractivity contribution < 1.29 is 9.18 Å². The van der Waals surface area contributed by atoms with Gasteiger partial charge in [0, 0.05) is 30.8 Å². The van der Waals surface area contributed by atoms with Crippen LogP contribution in [0.4, 0.5) is 4.39 Å². The highest BCUT2D eigenvalue weighted by atomic mass is 19.1. The summed E-state index contributed by atoms with van der Waals surface area (Å²) in [6.07, 6.45) is 4.58. The topological polar surface area (TPSA) is 45.8 Å². The molecule has 0 N–H and O–H groups in total. The van der Waals surface area contributed by atoms with Crippen LogP contribution in [0.1, 0.15) is 16.9 Å². The number of amides is 1. The Morgan fingerprint density at radius 2 is 1.94 bits per heavy atom. The normalized spacial score (nSPS) is 16.5. The number of hydrogen-bond acceptors (Lipinski definition) is 3. The van der Waals surface area contributed by atoms with Crippen molar-refractivity contribution in [3.8, 4) is 16.9 Å². The molecular formula is C24H24FN5O. The average molecular weight is 417 g/mol. The lowest BCUT2D eigenvalue weighted by molar-refractivity contribution is 0.0774. The van der Waals surface area contributed by atoms with Gasteiger partial charge >= 0.3 is 0 Å². The quantitative estimate of drug-likeness (QED) is 0.509. The van der Waals surface area contributed by atoms with Gasteiger partial charge in [-0.25, -0.2) is 9.07 Å². The summed E-state index contributed by atoms with van der Waals surface area (Å²) >= 11 is 0. The molecule has 1 aliphatic heterocycles. The number of carbonyl (C=O) groups is 1. The van der Waals surface area contributed by atoms with Gasteiger partial charge in [0.05, 0.1) is 6.20 Å². The van der Waals surface area contributed by atoms with E-state index in [1.807, 2.05) is 59.9 Å². The Balaban J connectivity index is 1.52. The van der Waals surface area contributed by atoms with E-state index in [9.17, 15) is 9.18 Å². The molecule has 1 fully saturated rings. The molecule has 31 heavy (non-hydrogen) atoms. The number of likely N-dealkylation sites (N-methyl/N-ethyl adjacent to an activating group) is 1. The fraction of sp³-hybridized carbons (Fsp3) is 0.250. The van der Waals surface area contributed by atoms with Crippen molar-refractivity contribution in [2.75, 3.05) is 27.2 Å². The van der Waals surface area contributed by atoms with E-state index in [1.165, 1.54) is 12.1 Å². The van der Waals surface area contributed by atoms with Crippen LogP contribution < -0.4 is 0 Å². The number of halogens is 1. The lowest BCUT2D eigenvalue weighted by Crippen LogP contribution is -2.35. The molecule has 3 aromatic heterocycles. The number of rotatable bonds is 4. The second-order valence-corrected chi connectivity index (χ2v) is 8.20. The molecule has 1 aromatic carbocycles. The molecule has 0 saturated carbocycles. The van der Waals surface area contributed by atoms with Crippen molar-refractivity contribution in [2.24, 2.45) is 0 Å². The maximum absolute atomic E-state index is 13.7. The minimum absolute atomic E-state index is 0.0157. The third-order valence-electron chi connectivity index (χ3n) is 6.05. The lowest BCUT2D eigenvalue weighted by atomic mass is 10.1. The van der Waals surface area contributed by atoms with Crippen LogP contribution in [0.25, 0.3) is 22.5 Å². The highest BCUT2D eigenvalue weighted by Crippen LogP contribution is 2.25. The highest BCUT2D eigenvalue weighted by molar-refractivity contribution is 5.93. The summed E-state index contributed by atoms with van der Waals surface area (Å²) in [5.74, 6) is 0.481. The van der Waals surface area contributed by atoms with E-state index in [2.05, 4.69) is 10.00 Å². The van der Waals surface area contributed by atoms with Gasteiger partial charge in [-0.15, -0.1) is 0 Å². The van der Waals surface area contributed by atoms with Gasteiger partial charge in [-0.05, 0) is 68.0 Å². The number of carbonyl (C=O) groups excluding carboxylic acids is 1. The molecule has 0 radical (unpaired) electrons. The molecule has 4 heterocycles. The van der Waals surface area contributed by atoms with Crippen molar-refractivity contribution in [1.29, 1.82) is 0 Å². The highest BCUT2D eigenvalue weighted by Gasteiger charge is 2.30. The van der Waals surface area contributed by atoms with Crippen LogP contribution in [-0.4, -0.2) is 63.1 Å². The molecule has 6 nitrogen and oxygen atoms in total. The molecule has 1 unspecified atom stereocenters. The first-order valence-electron chi connectivity index (χ1n) is 10.4. The van der Waals surface area contributed by atoms with Crippen molar-refractivity contribution in [2.45, 2.75) is 12.5 Å². The zero-order valence-electron chi connectivity index (χ0n) is 17.6. The van der Waals surface area contributed by atoms with E-state index < -0.39 is 0 Å². The number of benzene rings is 1. The molecule has 1 amide bonds. The monoisotopic (exact) mass is 417 g/mol. The molecule has 0 spiro atoms. The third-order valence-corrected chi connectivity index (χ3v) is 6.05. The van der Waals surface area contributed by atoms with E-state index in [-0.39, 0.29) is 11.7 Å². The largest absolute Gasteiger partial charge is 0.336 e. The van der Waals surface area contributed by atoms with Crippen LogP contribution in [0.15, 0.2) is 67.0 Å². The number of fused-ring (bicyclic) bond motifs is 1. The molecule has 1 atom stereocenters. The van der Waals surface area contributed by atoms with Gasteiger partial charge in [-0.1, -0.05) is 18.2 Å². The maximum atomic E-state index is 13.7. The van der Waals surface area contributed by atoms with Gasteiger partial charge in [0.25, 0.3) is 5.91 Å². The first-order chi connectivity index (χ1) is 15.0. The van der Waals surface area contributed by atoms with Crippen LogP contribution in [0, 0.1) is 5.82 Å². The van der Waals surface area contributed by atoms with Crippen molar-refractivity contribution >= 4 is 11.4 Å². The van der Waals surface area contributed by atoms with Gasteiger partial charge in [0.1, 0.15) is 17.3 Å². The lowest BCUT2D eigenvalue weighted by Gasteiger charge is -2.20. The van der Waals surface area contributed by atoms with Crippen molar-refractivity contribution in [3.05, 3.63) is 78.5 Å². The first kappa shape index (κ1) is 19.5. The second kappa shape index (κ2) is 7.67. The summed E-state index contributed by atoms with van der Waals surface area (Å²) in [7, 11) is 4.09. The van der Waals surface area contributed by atoms with Gasteiger partial charge in [0.15, 0.2) is 0 Å². The zero-order chi connectivity index (χ0) is 21.5. The van der Waals surface area contributed by atoms with Gasteiger partial charge in [0.2, 0.25) is 0 Å². The number of hydrogen-bond donors (Lipinski definition) is 0. The number of nitrogens with zero attached hydrogens (tertiary/aromatic N) is 5. The number of pyridine rings is 1. The van der Waals surface area contributed by atoms with E-state index in [1.54, 1.807) is 23.0 Å². The van der Waals surface area contributed by atoms with Crippen molar-refractivity contribution in [1.82, 2.24) is 24.0 Å². The summed E-state index contributed by atoms with van der Waals surface area (Å²) < 4.78 is 17.4. The molecule has 0 aliphatic carbocycles. The van der Waals surface area contributed by atoms with Crippen LogP contribution in [0.2, 0.25) is 0 Å². The van der Waals surface area contributed by atoms with Gasteiger partial charge in [-0.3, -0.25) is 4.79 Å². The minimum Gasteiger partial charge on any atom is -0.336 e. The standard InChI is InChI=1S/C24H24FN5O/c1-27(2)21-11-13-28(16-21)24(31)22-10-12-26-30(22)23-9-8-20-7-6-18(15-29(20)23)17-4-3-5-19(25)14-17/h3-10,12,14-15,21H,11,13,16H2,1-2H3. The molecule has 158 valence electrons. The van der Waals surface area contributed by atoms with Gasteiger partial charge < -0.3 is 14.2 Å². The summed E-state index contributed by atoms with van der Waals surface area (Å²) in [6, 6.07) is 16.6.